The van der Waals surface area contributed by atoms with Gasteiger partial charge in [-0.15, -0.1) is 10.2 Å². The first-order chi connectivity index (χ1) is 13.4. The zero-order valence-electron chi connectivity index (χ0n) is 14.5. The van der Waals surface area contributed by atoms with Gasteiger partial charge < -0.3 is 10.6 Å². The van der Waals surface area contributed by atoms with Gasteiger partial charge in [0.15, 0.2) is 0 Å². The van der Waals surface area contributed by atoms with Gasteiger partial charge >= 0.3 is 6.18 Å². The Balaban J connectivity index is 1.62. The van der Waals surface area contributed by atoms with Crippen LogP contribution in [0.3, 0.4) is 0 Å². The monoisotopic (exact) mass is 388 g/mol. The average Bonchev–Trinajstić information content (AvgIpc) is 3.21. The first-order valence-corrected chi connectivity index (χ1v) is 8.55. The minimum Gasteiger partial charge on any atom is -0.385 e. The number of fused-ring (bicyclic) bond motifs is 1. The number of anilines is 2. The largest absolute Gasteiger partial charge is 0.417 e. The number of halogens is 3. The summed E-state index contributed by atoms with van der Waals surface area (Å²) < 4.78 is 40.4. The van der Waals surface area contributed by atoms with E-state index in [0.717, 1.165) is 36.7 Å². The maximum Gasteiger partial charge on any atom is 0.417 e. The Morgan fingerprint density at radius 3 is 2.75 bits per heavy atom. The Labute approximate surface area is 157 Å². The number of nitrogens with one attached hydrogen (secondary N) is 3. The smallest absolute Gasteiger partial charge is 0.385 e. The number of alkyl halides is 3. The van der Waals surface area contributed by atoms with Crippen molar-refractivity contribution in [3.05, 3.63) is 53.1 Å². The number of tetrazole rings is 1. The van der Waals surface area contributed by atoms with Crippen molar-refractivity contribution in [1.82, 2.24) is 20.6 Å². The molecule has 144 valence electrons. The lowest BCUT2D eigenvalue weighted by molar-refractivity contribution is -0.137. The van der Waals surface area contributed by atoms with E-state index in [-0.39, 0.29) is 17.1 Å². The molecule has 3 aromatic rings. The molecule has 7 nitrogen and oxygen atoms in total. The van der Waals surface area contributed by atoms with Crippen LogP contribution in [0.4, 0.5) is 24.5 Å². The standard InChI is InChI=1S/C18H15F3N6O/c19-18(20,21)14-9-12(5-6-13(14)16-24-26-27-25-16)23-17(28)11-4-3-10-2-1-7-22-15(10)8-11/h3-6,8-9,22H,1-2,7H2,(H,23,28)(H,24,25,26,27). The van der Waals surface area contributed by atoms with Crippen LogP contribution in [0.1, 0.15) is 27.9 Å². The second-order valence-electron chi connectivity index (χ2n) is 6.35. The van der Waals surface area contributed by atoms with E-state index in [1.807, 2.05) is 6.07 Å². The molecule has 10 heteroatoms. The second-order valence-corrected chi connectivity index (χ2v) is 6.35. The topological polar surface area (TPSA) is 95.6 Å². The number of hydrogen-bond donors (Lipinski definition) is 3. The van der Waals surface area contributed by atoms with E-state index in [9.17, 15) is 18.0 Å². The van der Waals surface area contributed by atoms with Crippen LogP contribution in [0.15, 0.2) is 36.4 Å². The normalized spacial score (nSPS) is 13.5. The van der Waals surface area contributed by atoms with E-state index in [1.54, 1.807) is 12.1 Å². The second kappa shape index (κ2) is 6.95. The Kier molecular flexibility index (Phi) is 4.46. The van der Waals surface area contributed by atoms with Crippen LogP contribution in [0.5, 0.6) is 0 Å². The molecule has 0 atom stereocenters. The molecular weight excluding hydrogens is 373 g/mol. The molecule has 0 bridgehead atoms. The van der Waals surface area contributed by atoms with Crippen LogP contribution in [-0.2, 0) is 12.6 Å². The zero-order valence-corrected chi connectivity index (χ0v) is 14.5. The van der Waals surface area contributed by atoms with Crippen LogP contribution in [-0.4, -0.2) is 33.1 Å². The van der Waals surface area contributed by atoms with Gasteiger partial charge in [-0.05, 0) is 54.0 Å². The molecule has 3 N–H and O–H groups in total. The number of carbonyl (C=O) groups is 1. The van der Waals surface area contributed by atoms with E-state index < -0.39 is 17.6 Å². The SMILES string of the molecule is O=C(Nc1ccc(-c2nn[nH]n2)c(C(F)(F)F)c1)c1ccc2c(c1)NCCC2. The highest BCUT2D eigenvalue weighted by Crippen LogP contribution is 2.37. The van der Waals surface area contributed by atoms with Crippen molar-refractivity contribution in [3.8, 4) is 11.4 Å². The summed E-state index contributed by atoms with van der Waals surface area (Å²) in [4.78, 5) is 12.5. The summed E-state index contributed by atoms with van der Waals surface area (Å²) in [5.74, 6) is -0.665. The number of nitrogens with zero attached hydrogens (tertiary/aromatic N) is 3. The Morgan fingerprint density at radius 2 is 2.00 bits per heavy atom. The molecule has 0 saturated heterocycles. The summed E-state index contributed by atoms with van der Waals surface area (Å²) in [6.45, 7) is 0.824. The van der Waals surface area contributed by atoms with Gasteiger partial charge in [-0.2, -0.15) is 18.4 Å². The van der Waals surface area contributed by atoms with Gasteiger partial charge in [0.1, 0.15) is 0 Å². The summed E-state index contributed by atoms with van der Waals surface area (Å²) in [5, 5.41) is 18.4. The number of aromatic nitrogens is 4. The fourth-order valence-electron chi connectivity index (χ4n) is 3.13. The molecule has 1 aliphatic rings. The third-order valence-corrected chi connectivity index (χ3v) is 4.48. The predicted octanol–water partition coefficient (Wildman–Crippen LogP) is 3.50. The van der Waals surface area contributed by atoms with E-state index in [1.165, 1.54) is 12.1 Å². The van der Waals surface area contributed by atoms with E-state index >= 15 is 0 Å². The molecule has 2 aromatic carbocycles. The molecule has 2 heterocycles. The lowest BCUT2D eigenvalue weighted by Crippen LogP contribution is -2.16. The minimum atomic E-state index is -4.65. The number of aromatic amines is 1. The molecule has 0 saturated carbocycles. The predicted molar refractivity (Wildman–Crippen MR) is 95.8 cm³/mol. The third kappa shape index (κ3) is 3.53. The molecular formula is C18H15F3N6O. The summed E-state index contributed by atoms with van der Waals surface area (Å²) in [6, 6.07) is 8.67. The molecule has 0 spiro atoms. The molecule has 0 radical (unpaired) electrons. The Hall–Kier alpha value is -3.43. The highest BCUT2D eigenvalue weighted by atomic mass is 19.4. The minimum absolute atomic E-state index is 0.0234. The van der Waals surface area contributed by atoms with Crippen molar-refractivity contribution in [2.45, 2.75) is 19.0 Å². The third-order valence-electron chi connectivity index (χ3n) is 4.48. The summed E-state index contributed by atoms with van der Waals surface area (Å²) in [6.07, 6.45) is -2.70. The van der Waals surface area contributed by atoms with Crippen LogP contribution in [0.25, 0.3) is 11.4 Å². The summed E-state index contributed by atoms with van der Waals surface area (Å²) in [7, 11) is 0. The average molecular weight is 388 g/mol. The fourth-order valence-corrected chi connectivity index (χ4v) is 3.13. The first-order valence-electron chi connectivity index (χ1n) is 8.55. The number of amides is 1. The van der Waals surface area contributed by atoms with Gasteiger partial charge in [0.05, 0.1) is 5.56 Å². The molecule has 28 heavy (non-hydrogen) atoms. The Bertz CT molecular complexity index is 1020. The Morgan fingerprint density at radius 1 is 1.14 bits per heavy atom. The lowest BCUT2D eigenvalue weighted by atomic mass is 10.0. The van der Waals surface area contributed by atoms with Crippen molar-refractivity contribution < 1.29 is 18.0 Å². The zero-order chi connectivity index (χ0) is 19.7. The molecule has 0 fully saturated rings. The van der Waals surface area contributed by atoms with E-state index in [0.29, 0.717) is 5.56 Å². The number of carbonyl (C=O) groups excluding carboxylic acids is 1. The molecule has 1 aromatic heterocycles. The highest BCUT2D eigenvalue weighted by Gasteiger charge is 2.35. The number of hydrogen-bond acceptors (Lipinski definition) is 5. The van der Waals surface area contributed by atoms with Gasteiger partial charge in [0.2, 0.25) is 5.82 Å². The molecule has 4 rings (SSSR count). The molecule has 0 aliphatic carbocycles. The maximum atomic E-state index is 13.5. The van der Waals surface area contributed by atoms with Crippen LogP contribution in [0.2, 0.25) is 0 Å². The van der Waals surface area contributed by atoms with E-state index in [2.05, 4.69) is 31.3 Å². The molecule has 0 unspecified atom stereocenters. The van der Waals surface area contributed by atoms with E-state index in [4.69, 9.17) is 0 Å². The van der Waals surface area contributed by atoms with Crippen LogP contribution >= 0.6 is 0 Å². The maximum absolute atomic E-state index is 13.5. The number of rotatable bonds is 3. The van der Waals surface area contributed by atoms with Crippen molar-refractivity contribution in [2.24, 2.45) is 0 Å². The number of benzene rings is 2. The first kappa shape index (κ1) is 18.0. The summed E-state index contributed by atoms with van der Waals surface area (Å²) >= 11 is 0. The highest BCUT2D eigenvalue weighted by molar-refractivity contribution is 6.05. The van der Waals surface area contributed by atoms with Gasteiger partial charge in [-0.1, -0.05) is 6.07 Å². The van der Waals surface area contributed by atoms with Gasteiger partial charge in [0, 0.05) is 29.0 Å². The summed E-state index contributed by atoms with van der Waals surface area (Å²) in [5.41, 5.74) is 1.20. The van der Waals surface area contributed by atoms with Crippen molar-refractivity contribution in [3.63, 3.8) is 0 Å². The van der Waals surface area contributed by atoms with Crippen LogP contribution < -0.4 is 10.6 Å². The van der Waals surface area contributed by atoms with Crippen molar-refractivity contribution >= 4 is 17.3 Å². The van der Waals surface area contributed by atoms with Gasteiger partial charge in [-0.3, -0.25) is 4.79 Å². The molecule has 1 amide bonds. The van der Waals surface area contributed by atoms with Crippen molar-refractivity contribution in [2.75, 3.05) is 17.2 Å². The van der Waals surface area contributed by atoms with Crippen LogP contribution in [0, 0.1) is 0 Å². The number of aryl methyl sites for hydroxylation is 1. The van der Waals surface area contributed by atoms with Gasteiger partial charge in [-0.25, -0.2) is 0 Å². The number of H-pyrrole nitrogens is 1. The fraction of sp³-hybridized carbons (Fsp3) is 0.222. The van der Waals surface area contributed by atoms with Gasteiger partial charge in [0.25, 0.3) is 5.91 Å². The quantitative estimate of drug-likeness (QED) is 0.638. The molecule has 1 aliphatic heterocycles. The van der Waals surface area contributed by atoms with Crippen molar-refractivity contribution in [1.29, 1.82) is 0 Å². The lowest BCUT2D eigenvalue weighted by Gasteiger charge is -2.18.